The van der Waals surface area contributed by atoms with Crippen LogP contribution in [0, 0.1) is 4.77 Å². The zero-order valence-electron chi connectivity index (χ0n) is 18.3. The SMILES string of the molecule is C=CCn1c(C2CC2)nn(CN2CCN(S(=O)(=O)c3ccc(C(C)C)cc3)CC2)c1=S. The van der Waals surface area contributed by atoms with E-state index in [2.05, 4.69) is 29.9 Å². The van der Waals surface area contributed by atoms with Crippen molar-refractivity contribution >= 4 is 22.2 Å². The van der Waals surface area contributed by atoms with E-state index in [0.29, 0.717) is 60.9 Å². The Morgan fingerprint density at radius 3 is 2.35 bits per heavy atom. The summed E-state index contributed by atoms with van der Waals surface area (Å²) >= 11 is 5.65. The number of aromatic nitrogens is 3. The van der Waals surface area contributed by atoms with Gasteiger partial charge in [0.15, 0.2) is 4.77 Å². The molecule has 2 aromatic rings. The maximum Gasteiger partial charge on any atom is 0.243 e. The molecule has 9 heteroatoms. The van der Waals surface area contributed by atoms with Gasteiger partial charge in [-0.15, -0.1) is 6.58 Å². The van der Waals surface area contributed by atoms with Crippen LogP contribution in [0.3, 0.4) is 0 Å². The molecular formula is C22H31N5O2S2. The standard InChI is InChI=1S/C22H31N5O2S2/c1-4-11-26-21(19-5-6-19)23-27(22(26)30)16-24-12-14-25(15-13-24)31(28,29)20-9-7-18(8-10-20)17(2)3/h4,7-10,17,19H,1,5-6,11-16H2,2-3H3. The third-order valence-corrected chi connectivity index (χ3v) is 8.40. The van der Waals surface area contributed by atoms with E-state index >= 15 is 0 Å². The van der Waals surface area contributed by atoms with E-state index in [9.17, 15) is 8.42 Å². The van der Waals surface area contributed by atoms with E-state index in [0.717, 1.165) is 24.2 Å². The molecule has 0 radical (unpaired) electrons. The molecule has 7 nitrogen and oxygen atoms in total. The summed E-state index contributed by atoms with van der Waals surface area (Å²) in [5.74, 6) is 1.94. The van der Waals surface area contributed by atoms with Gasteiger partial charge in [-0.1, -0.05) is 32.1 Å². The van der Waals surface area contributed by atoms with Gasteiger partial charge < -0.3 is 0 Å². The third-order valence-electron chi connectivity index (χ3n) is 6.06. The van der Waals surface area contributed by atoms with Crippen molar-refractivity contribution in [3.05, 3.63) is 53.1 Å². The fourth-order valence-corrected chi connectivity index (χ4v) is 5.66. The topological polar surface area (TPSA) is 63.4 Å². The summed E-state index contributed by atoms with van der Waals surface area (Å²) in [4.78, 5) is 2.58. The number of hydrogen-bond acceptors (Lipinski definition) is 5. The van der Waals surface area contributed by atoms with E-state index in [1.54, 1.807) is 16.4 Å². The minimum atomic E-state index is -3.47. The quantitative estimate of drug-likeness (QED) is 0.444. The molecule has 2 fully saturated rings. The molecule has 2 heterocycles. The first-order chi connectivity index (χ1) is 14.8. The summed E-state index contributed by atoms with van der Waals surface area (Å²) < 4.78 is 32.3. The Hall–Kier alpha value is -1.81. The highest BCUT2D eigenvalue weighted by Gasteiger charge is 2.31. The summed E-state index contributed by atoms with van der Waals surface area (Å²) in [5.41, 5.74) is 1.14. The molecule has 1 aromatic carbocycles. The number of rotatable bonds is 8. The number of benzene rings is 1. The van der Waals surface area contributed by atoms with Crippen molar-refractivity contribution in [3.63, 3.8) is 0 Å². The lowest BCUT2D eigenvalue weighted by Crippen LogP contribution is -2.48. The van der Waals surface area contributed by atoms with Crippen molar-refractivity contribution in [2.45, 2.75) is 56.6 Å². The number of nitrogens with zero attached hydrogens (tertiary/aromatic N) is 5. The molecule has 168 valence electrons. The molecule has 1 saturated heterocycles. The summed E-state index contributed by atoms with van der Waals surface area (Å²) in [7, 11) is -3.47. The minimum absolute atomic E-state index is 0.366. The van der Waals surface area contributed by atoms with Gasteiger partial charge in [-0.05, 0) is 48.7 Å². The Kier molecular flexibility index (Phi) is 6.48. The zero-order valence-corrected chi connectivity index (χ0v) is 19.9. The molecule has 4 rings (SSSR count). The van der Waals surface area contributed by atoms with Gasteiger partial charge in [-0.2, -0.15) is 9.40 Å². The van der Waals surface area contributed by atoms with Crippen LogP contribution in [0.15, 0.2) is 41.8 Å². The third kappa shape index (κ3) is 4.69. The van der Waals surface area contributed by atoms with Gasteiger partial charge in [0.05, 0.1) is 11.6 Å². The largest absolute Gasteiger partial charge is 0.300 e. The molecule has 2 aliphatic rings. The van der Waals surface area contributed by atoms with Crippen LogP contribution in [-0.4, -0.2) is 58.1 Å². The molecule has 0 bridgehead atoms. The van der Waals surface area contributed by atoms with Crippen molar-refractivity contribution in [2.24, 2.45) is 0 Å². The van der Waals surface area contributed by atoms with Crippen LogP contribution in [0.4, 0.5) is 0 Å². The first kappa shape index (κ1) is 22.4. The maximum atomic E-state index is 13.0. The van der Waals surface area contributed by atoms with Crippen LogP contribution >= 0.6 is 12.2 Å². The normalized spacial score (nSPS) is 18.5. The second-order valence-electron chi connectivity index (χ2n) is 8.70. The predicted octanol–water partition coefficient (Wildman–Crippen LogP) is 3.56. The maximum absolute atomic E-state index is 13.0. The van der Waals surface area contributed by atoms with Gasteiger partial charge in [-0.25, -0.2) is 13.1 Å². The van der Waals surface area contributed by atoms with E-state index in [-0.39, 0.29) is 0 Å². The smallest absolute Gasteiger partial charge is 0.243 e. The Morgan fingerprint density at radius 2 is 1.81 bits per heavy atom. The van der Waals surface area contributed by atoms with Crippen molar-refractivity contribution in [2.75, 3.05) is 26.2 Å². The Labute approximate surface area is 190 Å². The van der Waals surface area contributed by atoms with Crippen molar-refractivity contribution in [3.8, 4) is 0 Å². The Bertz CT molecular complexity index is 1090. The van der Waals surface area contributed by atoms with Crippen LogP contribution in [0.25, 0.3) is 0 Å². The second-order valence-corrected chi connectivity index (χ2v) is 11.0. The lowest BCUT2D eigenvalue weighted by Gasteiger charge is -2.33. The van der Waals surface area contributed by atoms with Gasteiger partial charge in [0.2, 0.25) is 10.0 Å². The molecule has 1 aromatic heterocycles. The lowest BCUT2D eigenvalue weighted by molar-refractivity contribution is 0.144. The lowest BCUT2D eigenvalue weighted by atomic mass is 10.0. The second kappa shape index (κ2) is 8.97. The van der Waals surface area contributed by atoms with E-state index in [4.69, 9.17) is 17.3 Å². The summed E-state index contributed by atoms with van der Waals surface area (Å²) in [5, 5.41) is 4.78. The number of piperazine rings is 1. The van der Waals surface area contributed by atoms with E-state index < -0.39 is 10.0 Å². The number of sulfonamides is 1. The molecule has 0 spiro atoms. The average molecular weight is 462 g/mol. The van der Waals surface area contributed by atoms with Crippen LogP contribution in [0.5, 0.6) is 0 Å². The minimum Gasteiger partial charge on any atom is -0.300 e. The van der Waals surface area contributed by atoms with Crippen molar-refractivity contribution in [1.29, 1.82) is 0 Å². The summed E-state index contributed by atoms with van der Waals surface area (Å²) in [6, 6.07) is 7.27. The fraction of sp³-hybridized carbons (Fsp3) is 0.545. The van der Waals surface area contributed by atoms with E-state index in [1.807, 2.05) is 22.9 Å². The average Bonchev–Trinajstić information content (AvgIpc) is 3.56. The predicted molar refractivity (Wildman–Crippen MR) is 124 cm³/mol. The number of hydrogen-bond donors (Lipinski definition) is 0. The molecule has 0 amide bonds. The van der Waals surface area contributed by atoms with Crippen LogP contribution in [0.1, 0.15) is 49.9 Å². The molecule has 0 atom stereocenters. The summed E-state index contributed by atoms with van der Waals surface area (Å²) in [6.45, 7) is 11.5. The van der Waals surface area contributed by atoms with Gasteiger partial charge in [-0.3, -0.25) is 9.47 Å². The fourth-order valence-electron chi connectivity index (χ4n) is 3.97. The van der Waals surface area contributed by atoms with Gasteiger partial charge in [0.25, 0.3) is 0 Å². The molecule has 0 unspecified atom stereocenters. The van der Waals surface area contributed by atoms with E-state index in [1.165, 1.54) is 0 Å². The van der Waals surface area contributed by atoms with Gasteiger partial charge >= 0.3 is 0 Å². The Balaban J connectivity index is 1.41. The Morgan fingerprint density at radius 1 is 1.16 bits per heavy atom. The molecular weight excluding hydrogens is 430 g/mol. The highest BCUT2D eigenvalue weighted by Crippen LogP contribution is 2.39. The molecule has 1 aliphatic heterocycles. The monoisotopic (exact) mass is 461 g/mol. The van der Waals surface area contributed by atoms with Crippen LogP contribution in [-0.2, 0) is 23.2 Å². The highest BCUT2D eigenvalue weighted by atomic mass is 32.2. The molecule has 31 heavy (non-hydrogen) atoms. The van der Waals surface area contributed by atoms with Crippen LogP contribution in [0.2, 0.25) is 0 Å². The first-order valence-corrected chi connectivity index (χ1v) is 12.8. The number of allylic oxidation sites excluding steroid dienone is 1. The molecule has 1 aliphatic carbocycles. The van der Waals surface area contributed by atoms with Crippen molar-refractivity contribution in [1.82, 2.24) is 23.6 Å². The summed E-state index contributed by atoms with van der Waals surface area (Å²) in [6.07, 6.45) is 4.18. The van der Waals surface area contributed by atoms with Gasteiger partial charge in [0, 0.05) is 38.6 Å². The zero-order chi connectivity index (χ0) is 22.2. The molecule has 1 saturated carbocycles. The van der Waals surface area contributed by atoms with Gasteiger partial charge in [0.1, 0.15) is 5.82 Å². The molecule has 0 N–H and O–H groups in total. The highest BCUT2D eigenvalue weighted by molar-refractivity contribution is 7.89. The van der Waals surface area contributed by atoms with Crippen LogP contribution < -0.4 is 0 Å². The first-order valence-electron chi connectivity index (χ1n) is 10.9. The van der Waals surface area contributed by atoms with Crippen molar-refractivity contribution < 1.29 is 8.42 Å².